The first-order chi connectivity index (χ1) is 12.4. The van der Waals surface area contributed by atoms with E-state index in [0.717, 1.165) is 45.1 Å². The van der Waals surface area contributed by atoms with Gasteiger partial charge in [0.1, 0.15) is 5.78 Å². The summed E-state index contributed by atoms with van der Waals surface area (Å²) in [7, 11) is 5.43. The number of hydrogen-bond donors (Lipinski definition) is 0. The van der Waals surface area contributed by atoms with Gasteiger partial charge in [0.25, 0.3) is 0 Å². The highest BCUT2D eigenvalue weighted by Gasteiger charge is 2.63. The van der Waals surface area contributed by atoms with E-state index in [1.165, 1.54) is 19.3 Å². The van der Waals surface area contributed by atoms with Crippen LogP contribution in [0.25, 0.3) is 0 Å². The molecule has 0 aromatic carbocycles. The molecule has 4 fully saturated rings. The molecule has 0 aromatic rings. The van der Waals surface area contributed by atoms with Crippen LogP contribution in [-0.4, -0.2) is 39.5 Å². The van der Waals surface area contributed by atoms with Crippen molar-refractivity contribution in [2.75, 3.05) is 27.9 Å². The Kier molecular flexibility index (Phi) is 4.77. The lowest BCUT2D eigenvalue weighted by atomic mass is 9.44. The van der Waals surface area contributed by atoms with Crippen LogP contribution >= 0.6 is 0 Å². The number of ether oxygens (including phenoxy) is 3. The summed E-state index contributed by atoms with van der Waals surface area (Å²) in [6.07, 6.45) is 9.72. The first-order valence-electron chi connectivity index (χ1n) is 10.6. The number of methoxy groups -OCH3 is 3. The van der Waals surface area contributed by atoms with Gasteiger partial charge in [0, 0.05) is 51.4 Å². The van der Waals surface area contributed by atoms with E-state index in [4.69, 9.17) is 14.2 Å². The molecule has 0 heterocycles. The third kappa shape index (κ3) is 2.48. The van der Waals surface area contributed by atoms with Gasteiger partial charge in [-0.3, -0.25) is 4.79 Å². The number of rotatable bonds is 4. The molecule has 0 saturated heterocycles. The molecule has 0 spiro atoms. The van der Waals surface area contributed by atoms with Gasteiger partial charge in [-0.05, 0) is 62.2 Å². The third-order valence-corrected chi connectivity index (χ3v) is 9.23. The van der Waals surface area contributed by atoms with Crippen molar-refractivity contribution in [1.82, 2.24) is 0 Å². The fourth-order valence-electron chi connectivity index (χ4n) is 7.77. The van der Waals surface area contributed by atoms with Crippen molar-refractivity contribution in [3.63, 3.8) is 0 Å². The van der Waals surface area contributed by atoms with E-state index in [0.29, 0.717) is 29.5 Å². The summed E-state index contributed by atoms with van der Waals surface area (Å²) in [5.74, 6) is 2.70. The predicted octanol–water partition coefficient (Wildman–Crippen LogP) is 4.21. The Hall–Kier alpha value is -0.450. The second-order valence-corrected chi connectivity index (χ2v) is 9.76. The summed E-state index contributed by atoms with van der Waals surface area (Å²) in [6, 6.07) is 0. The van der Waals surface area contributed by atoms with Gasteiger partial charge in [0.15, 0.2) is 5.79 Å². The molecular formula is C22H36O4. The first-order valence-corrected chi connectivity index (χ1v) is 10.6. The van der Waals surface area contributed by atoms with E-state index in [9.17, 15) is 4.79 Å². The van der Waals surface area contributed by atoms with Gasteiger partial charge in [-0.2, -0.15) is 0 Å². The van der Waals surface area contributed by atoms with E-state index in [2.05, 4.69) is 6.92 Å². The number of carbonyl (C=O) groups is 1. The minimum atomic E-state index is -0.415. The summed E-state index contributed by atoms with van der Waals surface area (Å²) < 4.78 is 17.5. The monoisotopic (exact) mass is 364 g/mol. The topological polar surface area (TPSA) is 44.8 Å². The van der Waals surface area contributed by atoms with Crippen LogP contribution in [0.1, 0.15) is 64.7 Å². The Morgan fingerprint density at radius 2 is 1.73 bits per heavy atom. The molecule has 0 N–H and O–H groups in total. The average Bonchev–Trinajstić information content (AvgIpc) is 2.96. The number of ketones is 1. The quantitative estimate of drug-likeness (QED) is 0.701. The van der Waals surface area contributed by atoms with Gasteiger partial charge in [0.2, 0.25) is 0 Å². The maximum atomic E-state index is 12.6. The van der Waals surface area contributed by atoms with E-state index < -0.39 is 5.79 Å². The van der Waals surface area contributed by atoms with Crippen LogP contribution in [0.3, 0.4) is 0 Å². The standard InChI is InChI=1S/C22H36O4/c1-20-10-9-18-16(17(20)7-8-19(20)23)6-5-15-13-22(25-3,26-4)12-11-21(15,18)14-24-2/h15-18H,5-14H2,1-4H3/t15-,16?,17+,18+,20+,21-/m1/s1. The van der Waals surface area contributed by atoms with Crippen LogP contribution in [0, 0.1) is 34.5 Å². The minimum absolute atomic E-state index is 0.0419. The predicted molar refractivity (Wildman–Crippen MR) is 99.7 cm³/mol. The molecule has 0 aromatic heterocycles. The van der Waals surface area contributed by atoms with Crippen molar-refractivity contribution in [3.8, 4) is 0 Å². The van der Waals surface area contributed by atoms with Crippen LogP contribution in [0.2, 0.25) is 0 Å². The SMILES string of the molecule is COC[C@]12CCC(OC)(OC)C[C@H]1CCC1[C@@H]2CC[C@]2(C)C(=O)CC[C@@H]12. The third-order valence-electron chi connectivity index (χ3n) is 9.23. The van der Waals surface area contributed by atoms with Gasteiger partial charge in [-0.1, -0.05) is 6.92 Å². The zero-order chi connectivity index (χ0) is 18.6. The van der Waals surface area contributed by atoms with Crippen molar-refractivity contribution in [3.05, 3.63) is 0 Å². The highest BCUT2D eigenvalue weighted by Crippen LogP contribution is 2.66. The summed E-state index contributed by atoms with van der Waals surface area (Å²) >= 11 is 0. The highest BCUT2D eigenvalue weighted by atomic mass is 16.7. The molecule has 0 amide bonds. The van der Waals surface area contributed by atoms with Gasteiger partial charge in [0.05, 0.1) is 6.61 Å². The van der Waals surface area contributed by atoms with E-state index in [1.807, 2.05) is 7.11 Å². The number of carbonyl (C=O) groups excluding carboxylic acids is 1. The summed E-state index contributed by atoms with van der Waals surface area (Å²) in [6.45, 7) is 3.11. The molecule has 0 radical (unpaired) electrons. The molecule has 4 rings (SSSR count). The molecule has 148 valence electrons. The number of fused-ring (bicyclic) bond motifs is 5. The molecule has 4 aliphatic carbocycles. The lowest BCUT2D eigenvalue weighted by Gasteiger charge is -2.62. The Balaban J connectivity index is 1.65. The second kappa shape index (κ2) is 6.56. The van der Waals surface area contributed by atoms with Crippen LogP contribution in [-0.2, 0) is 19.0 Å². The van der Waals surface area contributed by atoms with Gasteiger partial charge >= 0.3 is 0 Å². The van der Waals surface area contributed by atoms with Crippen LogP contribution in [0.4, 0.5) is 0 Å². The van der Waals surface area contributed by atoms with E-state index in [1.54, 1.807) is 14.2 Å². The lowest BCUT2D eigenvalue weighted by molar-refractivity contribution is -0.268. The number of hydrogen-bond acceptors (Lipinski definition) is 4. The van der Waals surface area contributed by atoms with Crippen LogP contribution in [0.15, 0.2) is 0 Å². The molecule has 0 bridgehead atoms. The van der Waals surface area contributed by atoms with Crippen LogP contribution in [0.5, 0.6) is 0 Å². The van der Waals surface area contributed by atoms with E-state index in [-0.39, 0.29) is 10.8 Å². The molecule has 1 unspecified atom stereocenters. The van der Waals surface area contributed by atoms with Crippen molar-refractivity contribution < 1.29 is 19.0 Å². The largest absolute Gasteiger partial charge is 0.384 e. The summed E-state index contributed by atoms with van der Waals surface area (Å²) in [5, 5.41) is 0. The molecule has 4 saturated carbocycles. The summed E-state index contributed by atoms with van der Waals surface area (Å²) in [5.41, 5.74) is 0.199. The fourth-order valence-corrected chi connectivity index (χ4v) is 7.77. The van der Waals surface area contributed by atoms with Gasteiger partial charge in [-0.15, -0.1) is 0 Å². The Labute approximate surface area is 158 Å². The molecule has 6 atom stereocenters. The molecule has 0 aliphatic heterocycles. The second-order valence-electron chi connectivity index (χ2n) is 9.76. The minimum Gasteiger partial charge on any atom is -0.384 e. The van der Waals surface area contributed by atoms with Crippen molar-refractivity contribution in [1.29, 1.82) is 0 Å². The molecule has 4 aliphatic rings. The molecule has 4 nitrogen and oxygen atoms in total. The van der Waals surface area contributed by atoms with Gasteiger partial charge in [-0.25, -0.2) is 0 Å². The lowest BCUT2D eigenvalue weighted by Crippen LogP contribution is -2.59. The smallest absolute Gasteiger partial charge is 0.167 e. The van der Waals surface area contributed by atoms with Crippen molar-refractivity contribution in [2.24, 2.45) is 34.5 Å². The Bertz CT molecular complexity index is 556. The molecule has 26 heavy (non-hydrogen) atoms. The average molecular weight is 365 g/mol. The number of Topliss-reactive ketones (excluding diaryl/α,β-unsaturated/α-hetero) is 1. The van der Waals surface area contributed by atoms with Gasteiger partial charge < -0.3 is 14.2 Å². The first kappa shape index (κ1) is 18.9. The van der Waals surface area contributed by atoms with Crippen molar-refractivity contribution in [2.45, 2.75) is 70.5 Å². The zero-order valence-electron chi connectivity index (χ0n) is 17.0. The van der Waals surface area contributed by atoms with Crippen LogP contribution < -0.4 is 0 Å². The maximum absolute atomic E-state index is 12.6. The molecule has 4 heteroatoms. The highest BCUT2D eigenvalue weighted by molar-refractivity contribution is 5.87. The fraction of sp³-hybridized carbons (Fsp3) is 0.955. The summed E-state index contributed by atoms with van der Waals surface area (Å²) in [4.78, 5) is 12.6. The van der Waals surface area contributed by atoms with Crippen molar-refractivity contribution >= 4 is 5.78 Å². The Morgan fingerprint density at radius 1 is 0.962 bits per heavy atom. The zero-order valence-corrected chi connectivity index (χ0v) is 17.0. The molecular weight excluding hydrogens is 328 g/mol. The normalized spacial score (nSPS) is 47.2. The maximum Gasteiger partial charge on any atom is 0.167 e. The Morgan fingerprint density at radius 3 is 2.42 bits per heavy atom. The van der Waals surface area contributed by atoms with E-state index >= 15 is 0 Å².